The van der Waals surface area contributed by atoms with E-state index in [-0.39, 0.29) is 17.8 Å². The number of nitrogens with one attached hydrogen (secondary N) is 2. The zero-order valence-corrected chi connectivity index (χ0v) is 18.8. The van der Waals surface area contributed by atoms with Gasteiger partial charge in [0.25, 0.3) is 5.91 Å². The van der Waals surface area contributed by atoms with Crippen molar-refractivity contribution in [3.05, 3.63) is 90.4 Å². The van der Waals surface area contributed by atoms with Crippen LogP contribution in [-0.4, -0.2) is 32.4 Å². The highest BCUT2D eigenvalue weighted by Crippen LogP contribution is 2.29. The quantitative estimate of drug-likeness (QED) is 0.459. The summed E-state index contributed by atoms with van der Waals surface area (Å²) < 4.78 is 42.7. The minimum absolute atomic E-state index is 0.172. The lowest BCUT2D eigenvalue weighted by Crippen LogP contribution is -2.47. The number of carbonyl (C=O) groups excluding carboxylic acids is 1. The van der Waals surface area contributed by atoms with Gasteiger partial charge in [-0.15, -0.1) is 0 Å². The summed E-state index contributed by atoms with van der Waals surface area (Å²) in [5.41, 5.74) is 2.07. The first-order chi connectivity index (χ1) is 16.4. The molecule has 0 aliphatic carbocycles. The van der Waals surface area contributed by atoms with Gasteiger partial charge >= 0.3 is 10.2 Å². The molecule has 7 nitrogen and oxygen atoms in total. The monoisotopic (exact) mass is 476 g/mol. The van der Waals surface area contributed by atoms with Crippen molar-refractivity contribution in [3.63, 3.8) is 0 Å². The molecule has 1 aromatic heterocycles. The number of hydrogen-bond donors (Lipinski definition) is 2. The Morgan fingerprint density at radius 1 is 1.03 bits per heavy atom. The van der Waals surface area contributed by atoms with Gasteiger partial charge in [0.1, 0.15) is 5.82 Å². The van der Waals surface area contributed by atoms with Crippen LogP contribution in [0.25, 0.3) is 22.0 Å². The number of anilines is 2. The molecule has 0 radical (unpaired) electrons. The number of hydrogen-bond acceptors (Lipinski definition) is 4. The van der Waals surface area contributed by atoms with Crippen molar-refractivity contribution in [2.45, 2.75) is 6.42 Å². The summed E-state index contributed by atoms with van der Waals surface area (Å²) in [6.45, 7) is 0.588. The molecule has 0 unspecified atom stereocenters. The highest BCUT2D eigenvalue weighted by atomic mass is 32.2. The molecule has 1 aliphatic rings. The van der Waals surface area contributed by atoms with Crippen LogP contribution in [0.1, 0.15) is 16.8 Å². The van der Waals surface area contributed by atoms with Crippen LogP contribution in [0.5, 0.6) is 0 Å². The van der Waals surface area contributed by atoms with Crippen LogP contribution < -0.4 is 14.3 Å². The Bertz CT molecular complexity index is 1500. The highest BCUT2D eigenvalue weighted by Gasteiger charge is 2.26. The molecule has 0 bridgehead atoms. The Balaban J connectivity index is 1.40. The number of halogens is 1. The summed E-state index contributed by atoms with van der Waals surface area (Å²) in [5.74, 6) is -1.44. The lowest BCUT2D eigenvalue weighted by Gasteiger charge is -2.28. The summed E-state index contributed by atoms with van der Waals surface area (Å²) in [6, 6.07) is 20.8. The largest absolute Gasteiger partial charge is 0.322 e. The van der Waals surface area contributed by atoms with Gasteiger partial charge in [-0.3, -0.25) is 14.1 Å². The molecule has 1 fully saturated rings. The van der Waals surface area contributed by atoms with Crippen molar-refractivity contribution in [1.29, 1.82) is 0 Å². The van der Waals surface area contributed by atoms with E-state index in [1.54, 1.807) is 24.4 Å². The SMILES string of the molecule is O=C(Nc1cccc(-c2nccc3ccccc23)c1)c1ccc(N2CCCNS2(=O)=O)cc1F. The Hall–Kier alpha value is -3.82. The molecule has 2 N–H and O–H groups in total. The fourth-order valence-electron chi connectivity index (χ4n) is 4.03. The van der Waals surface area contributed by atoms with Crippen LogP contribution in [-0.2, 0) is 10.2 Å². The minimum atomic E-state index is -3.71. The van der Waals surface area contributed by atoms with E-state index in [0.717, 1.165) is 32.4 Å². The second kappa shape index (κ2) is 8.85. The van der Waals surface area contributed by atoms with Crippen molar-refractivity contribution in [1.82, 2.24) is 9.71 Å². The van der Waals surface area contributed by atoms with E-state index in [4.69, 9.17) is 0 Å². The van der Waals surface area contributed by atoms with Gasteiger partial charge in [-0.05, 0) is 48.2 Å². The maximum Gasteiger partial charge on any atom is 0.301 e. The third-order valence-electron chi connectivity index (χ3n) is 5.67. The van der Waals surface area contributed by atoms with Crippen molar-refractivity contribution < 1.29 is 17.6 Å². The molecular weight excluding hydrogens is 455 g/mol. The lowest BCUT2D eigenvalue weighted by molar-refractivity contribution is 0.102. The third kappa shape index (κ3) is 4.23. The second-order valence-corrected chi connectivity index (χ2v) is 9.58. The third-order valence-corrected chi connectivity index (χ3v) is 7.21. The van der Waals surface area contributed by atoms with Gasteiger partial charge in [-0.25, -0.2) is 4.39 Å². The molecule has 3 aromatic carbocycles. The van der Waals surface area contributed by atoms with Gasteiger partial charge in [-0.1, -0.05) is 36.4 Å². The van der Waals surface area contributed by atoms with Gasteiger partial charge in [-0.2, -0.15) is 13.1 Å². The van der Waals surface area contributed by atoms with Crippen molar-refractivity contribution in [2.75, 3.05) is 22.7 Å². The lowest BCUT2D eigenvalue weighted by atomic mass is 10.0. The topological polar surface area (TPSA) is 91.4 Å². The smallest absolute Gasteiger partial charge is 0.301 e. The van der Waals surface area contributed by atoms with Gasteiger partial charge in [0.2, 0.25) is 0 Å². The summed E-state index contributed by atoms with van der Waals surface area (Å²) >= 11 is 0. The van der Waals surface area contributed by atoms with E-state index in [2.05, 4.69) is 15.0 Å². The average molecular weight is 477 g/mol. The molecule has 34 heavy (non-hydrogen) atoms. The molecule has 1 aliphatic heterocycles. The molecule has 1 amide bonds. The van der Waals surface area contributed by atoms with Crippen LogP contribution in [0.2, 0.25) is 0 Å². The van der Waals surface area contributed by atoms with Crippen LogP contribution in [0.15, 0.2) is 79.0 Å². The van der Waals surface area contributed by atoms with Gasteiger partial charge < -0.3 is 5.32 Å². The number of carbonyl (C=O) groups is 1. The number of pyridine rings is 1. The first kappa shape index (κ1) is 22.0. The Labute approximate surface area is 196 Å². The van der Waals surface area contributed by atoms with Gasteiger partial charge in [0.15, 0.2) is 0 Å². The van der Waals surface area contributed by atoms with Crippen LogP contribution in [0, 0.1) is 5.82 Å². The minimum Gasteiger partial charge on any atom is -0.322 e. The van der Waals surface area contributed by atoms with E-state index in [0.29, 0.717) is 18.7 Å². The molecule has 2 heterocycles. The fourth-order valence-corrected chi connectivity index (χ4v) is 5.34. The van der Waals surface area contributed by atoms with Crippen molar-refractivity contribution >= 4 is 38.3 Å². The second-order valence-electron chi connectivity index (χ2n) is 7.90. The summed E-state index contributed by atoms with van der Waals surface area (Å²) in [5, 5.41) is 4.76. The predicted molar refractivity (Wildman–Crippen MR) is 130 cm³/mol. The molecule has 0 spiro atoms. The van der Waals surface area contributed by atoms with Gasteiger partial charge in [0.05, 0.1) is 16.9 Å². The van der Waals surface area contributed by atoms with Gasteiger partial charge in [0, 0.05) is 35.9 Å². The van der Waals surface area contributed by atoms with E-state index in [1.807, 2.05) is 36.4 Å². The zero-order chi connectivity index (χ0) is 23.7. The summed E-state index contributed by atoms with van der Waals surface area (Å²) in [6.07, 6.45) is 2.34. The molecular formula is C25H21FN4O3S. The number of aromatic nitrogens is 1. The Kier molecular flexibility index (Phi) is 5.72. The number of rotatable bonds is 4. The summed E-state index contributed by atoms with van der Waals surface area (Å²) in [7, 11) is -3.71. The maximum absolute atomic E-state index is 14.8. The standard InChI is InChI=1S/C25H21FN4O3S/c26-23-16-20(30-14-4-12-28-34(30,32)33)9-10-22(23)25(31)29-19-7-3-6-18(15-19)24-21-8-2-1-5-17(21)11-13-27-24/h1-3,5-11,13,15-16,28H,4,12,14H2,(H,29,31). The van der Waals surface area contributed by atoms with Crippen molar-refractivity contribution in [2.24, 2.45) is 0 Å². The van der Waals surface area contributed by atoms with E-state index in [9.17, 15) is 17.6 Å². The van der Waals surface area contributed by atoms with E-state index in [1.165, 1.54) is 12.1 Å². The first-order valence-corrected chi connectivity index (χ1v) is 12.2. The molecule has 172 valence electrons. The number of fused-ring (bicyclic) bond motifs is 1. The highest BCUT2D eigenvalue weighted by molar-refractivity contribution is 7.90. The van der Waals surface area contributed by atoms with E-state index >= 15 is 0 Å². The van der Waals surface area contributed by atoms with E-state index < -0.39 is 21.9 Å². The summed E-state index contributed by atoms with van der Waals surface area (Å²) in [4.78, 5) is 17.3. The Morgan fingerprint density at radius 2 is 1.88 bits per heavy atom. The van der Waals surface area contributed by atoms with Crippen LogP contribution >= 0.6 is 0 Å². The molecule has 0 atom stereocenters. The van der Waals surface area contributed by atoms with Crippen molar-refractivity contribution in [3.8, 4) is 11.3 Å². The van der Waals surface area contributed by atoms with Crippen LogP contribution in [0.3, 0.4) is 0 Å². The predicted octanol–water partition coefficient (Wildman–Crippen LogP) is 4.34. The van der Waals surface area contributed by atoms with Crippen LogP contribution in [0.4, 0.5) is 15.8 Å². The fraction of sp³-hybridized carbons (Fsp3) is 0.120. The molecule has 4 aromatic rings. The average Bonchev–Trinajstić information content (AvgIpc) is 2.83. The number of amides is 1. The number of nitrogens with zero attached hydrogens (tertiary/aromatic N) is 2. The molecule has 0 saturated carbocycles. The Morgan fingerprint density at radius 3 is 2.71 bits per heavy atom. The zero-order valence-electron chi connectivity index (χ0n) is 18.0. The molecule has 1 saturated heterocycles. The molecule has 5 rings (SSSR count). The maximum atomic E-state index is 14.8. The first-order valence-electron chi connectivity index (χ1n) is 10.7. The number of benzene rings is 3. The molecule has 9 heteroatoms. The normalized spacial score (nSPS) is 15.3.